The van der Waals surface area contributed by atoms with Crippen LogP contribution < -0.4 is 10.6 Å². The molecule has 0 bridgehead atoms. The minimum Gasteiger partial charge on any atom is -0.338 e. The molecule has 1 aromatic carbocycles. The number of aryl methyl sites for hydroxylation is 2. The van der Waals surface area contributed by atoms with Gasteiger partial charge in [0.15, 0.2) is 5.82 Å². The molecule has 1 aliphatic rings. The summed E-state index contributed by atoms with van der Waals surface area (Å²) in [4.78, 5) is 6.74. The molecule has 1 atom stereocenters. The standard InChI is InChI=1S/C14H19N5/c1-9-3-4-10(2)12(7-9)13-16-14(18-17-13)19-6-5-11(15)8-19/h3-4,7,11H,5-6,8,15H2,1-2H3,(H,16,17,18). The zero-order chi connectivity index (χ0) is 13.4. The fourth-order valence-corrected chi connectivity index (χ4v) is 2.47. The molecule has 0 saturated carbocycles. The van der Waals surface area contributed by atoms with Crippen LogP contribution in [0.4, 0.5) is 5.95 Å². The summed E-state index contributed by atoms with van der Waals surface area (Å²) >= 11 is 0. The van der Waals surface area contributed by atoms with E-state index in [1.165, 1.54) is 11.1 Å². The van der Waals surface area contributed by atoms with Crippen LogP contribution in [0.15, 0.2) is 18.2 Å². The lowest BCUT2D eigenvalue weighted by atomic mass is 10.1. The first-order chi connectivity index (χ1) is 9.13. The highest BCUT2D eigenvalue weighted by atomic mass is 15.4. The molecule has 1 saturated heterocycles. The van der Waals surface area contributed by atoms with E-state index in [1.54, 1.807) is 0 Å². The molecular weight excluding hydrogens is 238 g/mol. The molecular formula is C14H19N5. The first-order valence-electron chi connectivity index (χ1n) is 6.64. The van der Waals surface area contributed by atoms with Crippen LogP contribution in [0.3, 0.4) is 0 Å². The third-order valence-corrected chi connectivity index (χ3v) is 3.63. The smallest absolute Gasteiger partial charge is 0.245 e. The van der Waals surface area contributed by atoms with Crippen LogP contribution in [0.25, 0.3) is 11.4 Å². The van der Waals surface area contributed by atoms with E-state index in [0.29, 0.717) is 0 Å². The Morgan fingerprint density at radius 1 is 1.37 bits per heavy atom. The number of nitrogens with zero attached hydrogens (tertiary/aromatic N) is 3. The monoisotopic (exact) mass is 257 g/mol. The molecule has 5 heteroatoms. The van der Waals surface area contributed by atoms with Gasteiger partial charge in [0, 0.05) is 24.7 Å². The van der Waals surface area contributed by atoms with Crippen LogP contribution in [0.1, 0.15) is 17.5 Å². The van der Waals surface area contributed by atoms with E-state index < -0.39 is 0 Å². The summed E-state index contributed by atoms with van der Waals surface area (Å²) in [5.41, 5.74) is 9.45. The van der Waals surface area contributed by atoms with Crippen LogP contribution in [-0.4, -0.2) is 34.3 Å². The largest absolute Gasteiger partial charge is 0.338 e. The summed E-state index contributed by atoms with van der Waals surface area (Å²) in [6, 6.07) is 6.59. The number of anilines is 1. The second-order valence-electron chi connectivity index (χ2n) is 5.30. The number of H-pyrrole nitrogens is 1. The highest BCUT2D eigenvalue weighted by molar-refractivity contribution is 5.62. The van der Waals surface area contributed by atoms with Crippen molar-refractivity contribution in [2.75, 3.05) is 18.0 Å². The van der Waals surface area contributed by atoms with Crippen molar-refractivity contribution in [3.63, 3.8) is 0 Å². The molecule has 2 aromatic rings. The van der Waals surface area contributed by atoms with Crippen molar-refractivity contribution in [1.29, 1.82) is 0 Å². The van der Waals surface area contributed by atoms with Crippen molar-refractivity contribution in [3.05, 3.63) is 29.3 Å². The van der Waals surface area contributed by atoms with E-state index in [4.69, 9.17) is 5.73 Å². The van der Waals surface area contributed by atoms with Gasteiger partial charge in [0.1, 0.15) is 0 Å². The lowest BCUT2D eigenvalue weighted by molar-refractivity contribution is 0.750. The fourth-order valence-electron chi connectivity index (χ4n) is 2.47. The Hall–Kier alpha value is -1.88. The number of nitrogens with two attached hydrogens (primary N) is 1. The zero-order valence-electron chi connectivity index (χ0n) is 11.3. The van der Waals surface area contributed by atoms with Gasteiger partial charge in [0.05, 0.1) is 0 Å². The summed E-state index contributed by atoms with van der Waals surface area (Å²) in [5.74, 6) is 1.58. The minimum atomic E-state index is 0.239. The van der Waals surface area contributed by atoms with Gasteiger partial charge in [-0.25, -0.2) is 0 Å². The maximum atomic E-state index is 5.92. The van der Waals surface area contributed by atoms with Gasteiger partial charge in [-0.2, -0.15) is 4.98 Å². The van der Waals surface area contributed by atoms with E-state index in [1.807, 2.05) is 0 Å². The highest BCUT2D eigenvalue weighted by Gasteiger charge is 2.22. The fraction of sp³-hybridized carbons (Fsp3) is 0.429. The van der Waals surface area contributed by atoms with E-state index in [2.05, 4.69) is 52.1 Å². The van der Waals surface area contributed by atoms with Gasteiger partial charge >= 0.3 is 0 Å². The van der Waals surface area contributed by atoms with Crippen LogP contribution in [-0.2, 0) is 0 Å². The van der Waals surface area contributed by atoms with E-state index in [9.17, 15) is 0 Å². The molecule has 2 heterocycles. The van der Waals surface area contributed by atoms with E-state index in [0.717, 1.165) is 36.8 Å². The van der Waals surface area contributed by atoms with Crippen molar-refractivity contribution in [2.45, 2.75) is 26.3 Å². The maximum Gasteiger partial charge on any atom is 0.245 e. The lowest BCUT2D eigenvalue weighted by Gasteiger charge is -2.11. The molecule has 19 heavy (non-hydrogen) atoms. The molecule has 3 N–H and O–H groups in total. The summed E-state index contributed by atoms with van der Waals surface area (Å²) in [5, 5.41) is 7.35. The molecule has 100 valence electrons. The first kappa shape index (κ1) is 12.2. The van der Waals surface area contributed by atoms with Crippen molar-refractivity contribution in [1.82, 2.24) is 15.2 Å². The summed E-state index contributed by atoms with van der Waals surface area (Å²) in [7, 11) is 0. The highest BCUT2D eigenvalue weighted by Crippen LogP contribution is 2.23. The van der Waals surface area contributed by atoms with Gasteiger partial charge in [-0.3, -0.25) is 5.10 Å². The van der Waals surface area contributed by atoms with Crippen molar-refractivity contribution in [3.8, 4) is 11.4 Å². The van der Waals surface area contributed by atoms with Gasteiger partial charge in [-0.1, -0.05) is 17.7 Å². The third-order valence-electron chi connectivity index (χ3n) is 3.63. The Bertz CT molecular complexity index is 589. The molecule has 1 aliphatic heterocycles. The van der Waals surface area contributed by atoms with Crippen LogP contribution in [0.5, 0.6) is 0 Å². The number of aromatic nitrogens is 3. The van der Waals surface area contributed by atoms with Gasteiger partial charge in [-0.15, -0.1) is 5.10 Å². The quantitative estimate of drug-likeness (QED) is 0.857. The average Bonchev–Trinajstić information content (AvgIpc) is 3.00. The third kappa shape index (κ3) is 2.33. The summed E-state index contributed by atoms with van der Waals surface area (Å²) < 4.78 is 0. The van der Waals surface area contributed by atoms with Crippen LogP contribution in [0.2, 0.25) is 0 Å². The minimum absolute atomic E-state index is 0.239. The van der Waals surface area contributed by atoms with Crippen LogP contribution in [0, 0.1) is 13.8 Å². The normalized spacial score (nSPS) is 19.1. The van der Waals surface area contributed by atoms with Crippen molar-refractivity contribution >= 4 is 5.95 Å². The van der Waals surface area contributed by atoms with E-state index >= 15 is 0 Å². The second kappa shape index (κ2) is 4.66. The Kier molecular flexibility index (Phi) is 2.98. The predicted molar refractivity (Wildman–Crippen MR) is 76.1 cm³/mol. The Labute approximate surface area is 112 Å². The molecule has 1 fully saturated rings. The van der Waals surface area contributed by atoms with E-state index in [-0.39, 0.29) is 6.04 Å². The number of hydrogen-bond donors (Lipinski definition) is 2. The molecule has 0 aliphatic carbocycles. The molecule has 5 nitrogen and oxygen atoms in total. The van der Waals surface area contributed by atoms with Crippen molar-refractivity contribution in [2.24, 2.45) is 5.73 Å². The number of rotatable bonds is 2. The van der Waals surface area contributed by atoms with Crippen LogP contribution >= 0.6 is 0 Å². The average molecular weight is 257 g/mol. The Morgan fingerprint density at radius 2 is 2.21 bits per heavy atom. The maximum absolute atomic E-state index is 5.92. The van der Waals surface area contributed by atoms with Gasteiger partial charge in [-0.05, 0) is 31.9 Å². The summed E-state index contributed by atoms with van der Waals surface area (Å²) in [6.45, 7) is 5.94. The molecule has 1 aromatic heterocycles. The van der Waals surface area contributed by atoms with Gasteiger partial charge in [0.25, 0.3) is 0 Å². The molecule has 3 rings (SSSR count). The topological polar surface area (TPSA) is 70.8 Å². The SMILES string of the molecule is Cc1ccc(C)c(-c2nc(N3CCC(N)C3)n[nH]2)c1. The van der Waals surface area contributed by atoms with Crippen molar-refractivity contribution < 1.29 is 0 Å². The summed E-state index contributed by atoms with van der Waals surface area (Å²) in [6.07, 6.45) is 1.01. The number of hydrogen-bond acceptors (Lipinski definition) is 4. The van der Waals surface area contributed by atoms with Gasteiger partial charge < -0.3 is 10.6 Å². The molecule has 0 spiro atoms. The van der Waals surface area contributed by atoms with Gasteiger partial charge in [0.2, 0.25) is 5.95 Å². The number of nitrogens with one attached hydrogen (secondary N) is 1. The molecule has 1 unspecified atom stereocenters. The zero-order valence-corrected chi connectivity index (χ0v) is 11.3. The number of benzene rings is 1. The molecule has 0 amide bonds. The number of aromatic amines is 1. The Balaban J connectivity index is 1.90. The molecule has 0 radical (unpaired) electrons. The Morgan fingerprint density at radius 3 is 2.95 bits per heavy atom. The first-order valence-corrected chi connectivity index (χ1v) is 6.64. The predicted octanol–water partition coefficient (Wildman–Crippen LogP) is 1.63. The second-order valence-corrected chi connectivity index (χ2v) is 5.30. The lowest BCUT2D eigenvalue weighted by Crippen LogP contribution is -2.26.